The first kappa shape index (κ1) is 11.1. The van der Waals surface area contributed by atoms with E-state index in [2.05, 4.69) is 22.4 Å². The van der Waals surface area contributed by atoms with Crippen molar-refractivity contribution < 1.29 is 4.74 Å². The van der Waals surface area contributed by atoms with Crippen molar-refractivity contribution in [2.24, 2.45) is 0 Å². The highest BCUT2D eigenvalue weighted by molar-refractivity contribution is 5.09. The number of likely N-dealkylation sites (N-methyl/N-ethyl adjacent to an activating group) is 1. The lowest BCUT2D eigenvalue weighted by Gasteiger charge is -2.17. The predicted octanol–water partition coefficient (Wildman–Crippen LogP) is 1.91. The van der Waals surface area contributed by atoms with Crippen LogP contribution in [0.1, 0.15) is 18.5 Å². The Kier molecular flexibility index (Phi) is 3.94. The van der Waals surface area contributed by atoms with Gasteiger partial charge in [-0.05, 0) is 38.1 Å². The SMILES string of the molecule is CNC(CCc1ccccn1)C1=CCCO1. The monoisotopic (exact) mass is 218 g/mol. The smallest absolute Gasteiger partial charge is 0.109 e. The molecule has 0 aromatic carbocycles. The van der Waals surface area contributed by atoms with Gasteiger partial charge in [-0.25, -0.2) is 0 Å². The van der Waals surface area contributed by atoms with E-state index in [0.29, 0.717) is 6.04 Å². The highest BCUT2D eigenvalue weighted by Crippen LogP contribution is 2.16. The van der Waals surface area contributed by atoms with Gasteiger partial charge in [0, 0.05) is 18.3 Å². The third-order valence-corrected chi connectivity index (χ3v) is 2.84. The van der Waals surface area contributed by atoms with Crippen molar-refractivity contribution in [2.45, 2.75) is 25.3 Å². The van der Waals surface area contributed by atoms with E-state index in [1.165, 1.54) is 0 Å². The Morgan fingerprint density at radius 2 is 2.44 bits per heavy atom. The normalized spacial score (nSPS) is 16.7. The topological polar surface area (TPSA) is 34.2 Å². The second kappa shape index (κ2) is 5.66. The molecular weight excluding hydrogens is 200 g/mol. The van der Waals surface area contributed by atoms with Crippen LogP contribution < -0.4 is 5.32 Å². The second-order valence-corrected chi connectivity index (χ2v) is 3.94. The van der Waals surface area contributed by atoms with E-state index in [4.69, 9.17) is 4.74 Å². The fraction of sp³-hybridized carbons (Fsp3) is 0.462. The summed E-state index contributed by atoms with van der Waals surface area (Å²) in [6, 6.07) is 6.37. The zero-order chi connectivity index (χ0) is 11.2. The summed E-state index contributed by atoms with van der Waals surface area (Å²) in [4.78, 5) is 4.32. The number of hydrogen-bond acceptors (Lipinski definition) is 3. The molecule has 1 atom stereocenters. The van der Waals surface area contributed by atoms with Gasteiger partial charge in [0.15, 0.2) is 0 Å². The van der Waals surface area contributed by atoms with E-state index >= 15 is 0 Å². The maximum atomic E-state index is 5.57. The molecule has 0 saturated carbocycles. The first-order valence-corrected chi connectivity index (χ1v) is 5.80. The molecule has 1 aliphatic heterocycles. The first-order chi connectivity index (χ1) is 7.90. The summed E-state index contributed by atoms with van der Waals surface area (Å²) in [5, 5.41) is 3.29. The molecule has 1 aromatic heterocycles. The van der Waals surface area contributed by atoms with Crippen LogP contribution in [0.5, 0.6) is 0 Å². The van der Waals surface area contributed by atoms with Gasteiger partial charge in [-0.3, -0.25) is 4.98 Å². The Morgan fingerprint density at radius 1 is 1.50 bits per heavy atom. The van der Waals surface area contributed by atoms with E-state index < -0.39 is 0 Å². The number of aryl methyl sites for hydroxylation is 1. The number of nitrogens with zero attached hydrogens (tertiary/aromatic N) is 1. The lowest BCUT2D eigenvalue weighted by Crippen LogP contribution is -2.28. The molecule has 1 aliphatic rings. The lowest BCUT2D eigenvalue weighted by atomic mass is 10.1. The van der Waals surface area contributed by atoms with Gasteiger partial charge >= 0.3 is 0 Å². The average molecular weight is 218 g/mol. The van der Waals surface area contributed by atoms with Crippen LogP contribution in [0.15, 0.2) is 36.2 Å². The van der Waals surface area contributed by atoms with Crippen molar-refractivity contribution in [1.29, 1.82) is 0 Å². The van der Waals surface area contributed by atoms with Crippen molar-refractivity contribution in [3.8, 4) is 0 Å². The Balaban J connectivity index is 1.88. The molecule has 3 nitrogen and oxygen atoms in total. The molecule has 2 rings (SSSR count). The summed E-state index contributed by atoms with van der Waals surface area (Å²) in [5.41, 5.74) is 1.14. The van der Waals surface area contributed by atoms with Gasteiger partial charge < -0.3 is 10.1 Å². The third kappa shape index (κ3) is 2.83. The molecule has 0 bridgehead atoms. The van der Waals surface area contributed by atoms with Crippen LogP contribution in [0.3, 0.4) is 0 Å². The van der Waals surface area contributed by atoms with Gasteiger partial charge in [-0.1, -0.05) is 6.07 Å². The number of ether oxygens (including phenoxy) is 1. The zero-order valence-corrected chi connectivity index (χ0v) is 9.65. The molecule has 86 valence electrons. The van der Waals surface area contributed by atoms with Crippen molar-refractivity contribution in [3.63, 3.8) is 0 Å². The summed E-state index contributed by atoms with van der Waals surface area (Å²) < 4.78 is 5.57. The first-order valence-electron chi connectivity index (χ1n) is 5.80. The van der Waals surface area contributed by atoms with Crippen LogP contribution in [0.2, 0.25) is 0 Å². The molecule has 16 heavy (non-hydrogen) atoms. The zero-order valence-electron chi connectivity index (χ0n) is 9.65. The van der Waals surface area contributed by atoms with Crippen LogP contribution in [-0.2, 0) is 11.2 Å². The van der Waals surface area contributed by atoms with Gasteiger partial charge in [0.2, 0.25) is 0 Å². The minimum Gasteiger partial charge on any atom is -0.496 e. The third-order valence-electron chi connectivity index (χ3n) is 2.84. The van der Waals surface area contributed by atoms with E-state index in [9.17, 15) is 0 Å². The van der Waals surface area contributed by atoms with Gasteiger partial charge in [-0.2, -0.15) is 0 Å². The average Bonchev–Trinajstić information content (AvgIpc) is 2.85. The lowest BCUT2D eigenvalue weighted by molar-refractivity contribution is 0.214. The van der Waals surface area contributed by atoms with Crippen molar-refractivity contribution in [1.82, 2.24) is 10.3 Å². The molecule has 1 aromatic rings. The largest absolute Gasteiger partial charge is 0.496 e. The van der Waals surface area contributed by atoms with Crippen LogP contribution in [-0.4, -0.2) is 24.7 Å². The molecule has 1 N–H and O–H groups in total. The molecule has 0 saturated heterocycles. The fourth-order valence-electron chi connectivity index (χ4n) is 1.95. The quantitative estimate of drug-likeness (QED) is 0.819. The molecule has 0 amide bonds. The van der Waals surface area contributed by atoms with Crippen molar-refractivity contribution in [2.75, 3.05) is 13.7 Å². The maximum absolute atomic E-state index is 5.57. The van der Waals surface area contributed by atoms with Gasteiger partial charge in [-0.15, -0.1) is 0 Å². The fourth-order valence-corrected chi connectivity index (χ4v) is 1.95. The maximum Gasteiger partial charge on any atom is 0.109 e. The van der Waals surface area contributed by atoms with Crippen molar-refractivity contribution >= 4 is 0 Å². The summed E-state index contributed by atoms with van der Waals surface area (Å²) in [5.74, 6) is 1.10. The van der Waals surface area contributed by atoms with E-state index in [1.807, 2.05) is 25.4 Å². The summed E-state index contributed by atoms with van der Waals surface area (Å²) >= 11 is 0. The van der Waals surface area contributed by atoms with E-state index in [0.717, 1.165) is 37.3 Å². The molecule has 0 fully saturated rings. The molecule has 0 aliphatic carbocycles. The summed E-state index contributed by atoms with van der Waals surface area (Å²) in [6.07, 6.45) is 7.07. The number of hydrogen-bond donors (Lipinski definition) is 1. The molecular formula is C13H18N2O. The van der Waals surface area contributed by atoms with Gasteiger partial charge in [0.1, 0.15) is 5.76 Å². The van der Waals surface area contributed by atoms with E-state index in [1.54, 1.807) is 0 Å². The molecule has 1 unspecified atom stereocenters. The van der Waals surface area contributed by atoms with Crippen LogP contribution in [0, 0.1) is 0 Å². The predicted molar refractivity (Wildman–Crippen MR) is 64.1 cm³/mol. The van der Waals surface area contributed by atoms with Crippen LogP contribution in [0.25, 0.3) is 0 Å². The van der Waals surface area contributed by atoms with Crippen LogP contribution >= 0.6 is 0 Å². The number of aromatic nitrogens is 1. The Bertz CT molecular complexity index is 348. The number of rotatable bonds is 5. The van der Waals surface area contributed by atoms with Gasteiger partial charge in [0.25, 0.3) is 0 Å². The second-order valence-electron chi connectivity index (χ2n) is 3.94. The van der Waals surface area contributed by atoms with E-state index in [-0.39, 0.29) is 0 Å². The minimum atomic E-state index is 0.324. The molecule has 0 radical (unpaired) electrons. The standard InChI is InChI=1S/C13H18N2O/c1-14-12(13-6-4-10-16-13)8-7-11-5-2-3-9-15-11/h2-3,5-6,9,12,14H,4,7-8,10H2,1H3. The molecule has 2 heterocycles. The summed E-state index contributed by atoms with van der Waals surface area (Å²) in [6.45, 7) is 0.830. The molecule has 3 heteroatoms. The Hall–Kier alpha value is -1.35. The molecule has 0 spiro atoms. The Morgan fingerprint density at radius 3 is 3.06 bits per heavy atom. The Labute approximate surface area is 96.5 Å². The van der Waals surface area contributed by atoms with Gasteiger partial charge in [0.05, 0.1) is 12.6 Å². The summed E-state index contributed by atoms with van der Waals surface area (Å²) in [7, 11) is 1.98. The minimum absolute atomic E-state index is 0.324. The number of pyridine rings is 1. The number of nitrogens with one attached hydrogen (secondary N) is 1. The van der Waals surface area contributed by atoms with Crippen molar-refractivity contribution in [3.05, 3.63) is 41.9 Å². The highest BCUT2D eigenvalue weighted by Gasteiger charge is 2.16. The highest BCUT2D eigenvalue weighted by atomic mass is 16.5. The van der Waals surface area contributed by atoms with Crippen LogP contribution in [0.4, 0.5) is 0 Å².